The van der Waals surface area contributed by atoms with Crippen LogP contribution < -0.4 is 4.72 Å². The number of aliphatic hydroxyl groups excluding tert-OH is 1. The van der Waals surface area contributed by atoms with Crippen molar-refractivity contribution >= 4 is 16.0 Å². The number of aromatic carboxylic acids is 1. The zero-order valence-corrected chi connectivity index (χ0v) is 10.6. The summed E-state index contributed by atoms with van der Waals surface area (Å²) in [6, 6.07) is 5.05. The Bertz CT molecular complexity index is 509. The van der Waals surface area contributed by atoms with Gasteiger partial charge in [0.1, 0.15) is 0 Å². The van der Waals surface area contributed by atoms with Gasteiger partial charge in [0.2, 0.25) is 10.0 Å². The first-order valence-corrected chi connectivity index (χ1v) is 6.92. The van der Waals surface area contributed by atoms with E-state index >= 15 is 0 Å². The van der Waals surface area contributed by atoms with Crippen LogP contribution in [0.1, 0.15) is 22.8 Å². The molecule has 0 aliphatic carbocycles. The average Bonchev–Trinajstić information content (AvgIpc) is 2.28. The monoisotopic (exact) mass is 273 g/mol. The number of hydrogen-bond donors (Lipinski definition) is 3. The summed E-state index contributed by atoms with van der Waals surface area (Å²) < 4.78 is 25.6. The molecule has 0 amide bonds. The minimum absolute atomic E-state index is 0.104. The first kappa shape index (κ1) is 14.6. The van der Waals surface area contributed by atoms with E-state index in [9.17, 15) is 13.2 Å². The smallest absolute Gasteiger partial charge is 0.335 e. The van der Waals surface area contributed by atoms with Crippen LogP contribution in [0.5, 0.6) is 0 Å². The molecule has 0 bridgehead atoms. The third-order valence-corrected chi connectivity index (χ3v) is 3.69. The molecule has 6 nitrogen and oxygen atoms in total. The lowest BCUT2D eigenvalue weighted by Crippen LogP contribution is -2.35. The lowest BCUT2D eigenvalue weighted by atomic mass is 10.1. The van der Waals surface area contributed by atoms with E-state index < -0.39 is 22.0 Å². The van der Waals surface area contributed by atoms with Crippen LogP contribution in [0.3, 0.4) is 0 Å². The Morgan fingerprint density at radius 1 is 1.33 bits per heavy atom. The highest BCUT2D eigenvalue weighted by Crippen LogP contribution is 2.08. The first-order chi connectivity index (χ1) is 8.34. The van der Waals surface area contributed by atoms with Gasteiger partial charge in [0.05, 0.1) is 17.9 Å². The lowest BCUT2D eigenvalue weighted by Gasteiger charge is -2.11. The van der Waals surface area contributed by atoms with Gasteiger partial charge in [-0.1, -0.05) is 12.1 Å². The fourth-order valence-electron chi connectivity index (χ4n) is 1.35. The Kier molecular flexibility index (Phi) is 4.83. The minimum atomic E-state index is -3.54. The van der Waals surface area contributed by atoms with Crippen molar-refractivity contribution < 1.29 is 23.4 Å². The largest absolute Gasteiger partial charge is 0.478 e. The van der Waals surface area contributed by atoms with Crippen molar-refractivity contribution in [2.24, 2.45) is 0 Å². The number of carboxylic acid groups (broad SMARTS) is 1. The second kappa shape index (κ2) is 5.94. The van der Waals surface area contributed by atoms with E-state index in [0.29, 0.717) is 5.56 Å². The third-order valence-electron chi connectivity index (χ3n) is 2.21. The summed E-state index contributed by atoms with van der Waals surface area (Å²) in [5.41, 5.74) is 0.588. The molecule has 0 saturated heterocycles. The highest BCUT2D eigenvalue weighted by atomic mass is 32.2. The third kappa shape index (κ3) is 4.44. The Morgan fingerprint density at radius 3 is 2.33 bits per heavy atom. The van der Waals surface area contributed by atoms with Gasteiger partial charge in [-0.3, -0.25) is 0 Å². The molecule has 0 fully saturated rings. The molecule has 1 unspecified atom stereocenters. The summed E-state index contributed by atoms with van der Waals surface area (Å²) in [5, 5.41) is 17.5. The highest BCUT2D eigenvalue weighted by molar-refractivity contribution is 7.88. The maximum absolute atomic E-state index is 11.6. The Morgan fingerprint density at radius 2 is 1.89 bits per heavy atom. The zero-order valence-electron chi connectivity index (χ0n) is 9.83. The lowest BCUT2D eigenvalue weighted by molar-refractivity contribution is 0.0697. The quantitative estimate of drug-likeness (QED) is 0.686. The van der Waals surface area contributed by atoms with Crippen molar-refractivity contribution in [3.05, 3.63) is 35.4 Å². The van der Waals surface area contributed by atoms with Crippen LogP contribution >= 0.6 is 0 Å². The average molecular weight is 273 g/mol. The predicted molar refractivity (Wildman–Crippen MR) is 65.7 cm³/mol. The minimum Gasteiger partial charge on any atom is -0.478 e. The van der Waals surface area contributed by atoms with Gasteiger partial charge in [0.15, 0.2) is 0 Å². The molecular weight excluding hydrogens is 258 g/mol. The molecule has 0 aromatic heterocycles. The number of nitrogens with one attached hydrogen (secondary N) is 1. The van der Waals surface area contributed by atoms with E-state index in [2.05, 4.69) is 4.72 Å². The van der Waals surface area contributed by atoms with Gasteiger partial charge in [-0.25, -0.2) is 17.9 Å². The van der Waals surface area contributed by atoms with Crippen LogP contribution in [0.2, 0.25) is 0 Å². The van der Waals surface area contributed by atoms with Crippen LogP contribution in [0, 0.1) is 0 Å². The molecule has 0 heterocycles. The number of sulfonamides is 1. The summed E-state index contributed by atoms with van der Waals surface area (Å²) in [7, 11) is -3.54. The van der Waals surface area contributed by atoms with Crippen molar-refractivity contribution in [1.29, 1.82) is 0 Å². The van der Waals surface area contributed by atoms with Gasteiger partial charge < -0.3 is 10.2 Å². The number of carbonyl (C=O) groups is 1. The SMILES string of the molecule is CC(CO)NS(=O)(=O)Cc1ccc(C(=O)O)cc1. The maximum atomic E-state index is 11.6. The molecular formula is C11H15NO5S. The van der Waals surface area contributed by atoms with E-state index in [-0.39, 0.29) is 17.9 Å². The number of aliphatic hydroxyl groups is 1. The number of rotatable bonds is 6. The van der Waals surface area contributed by atoms with Crippen LogP contribution in [0.15, 0.2) is 24.3 Å². The Balaban J connectivity index is 2.75. The molecule has 3 N–H and O–H groups in total. The van der Waals surface area contributed by atoms with E-state index in [1.807, 2.05) is 0 Å². The molecule has 1 aromatic rings. The van der Waals surface area contributed by atoms with Crippen LogP contribution in [0.25, 0.3) is 0 Å². The van der Waals surface area contributed by atoms with Gasteiger partial charge >= 0.3 is 5.97 Å². The first-order valence-electron chi connectivity index (χ1n) is 5.27. The summed E-state index contributed by atoms with van der Waals surface area (Å²) in [5.74, 6) is -1.31. The second-order valence-corrected chi connectivity index (χ2v) is 5.72. The summed E-state index contributed by atoms with van der Waals surface area (Å²) >= 11 is 0. The van der Waals surface area contributed by atoms with Crippen molar-refractivity contribution in [2.75, 3.05) is 6.61 Å². The second-order valence-electron chi connectivity index (χ2n) is 3.96. The number of benzene rings is 1. The fourth-order valence-corrected chi connectivity index (χ4v) is 2.75. The maximum Gasteiger partial charge on any atom is 0.335 e. The van der Waals surface area contributed by atoms with Gasteiger partial charge in [-0.15, -0.1) is 0 Å². The normalized spacial score (nSPS) is 13.2. The molecule has 0 radical (unpaired) electrons. The Hall–Kier alpha value is -1.44. The topological polar surface area (TPSA) is 104 Å². The molecule has 0 aliphatic heterocycles. The van der Waals surface area contributed by atoms with Gasteiger partial charge in [-0.05, 0) is 24.6 Å². The molecule has 1 atom stereocenters. The molecule has 0 aliphatic rings. The molecule has 0 spiro atoms. The highest BCUT2D eigenvalue weighted by Gasteiger charge is 2.15. The van der Waals surface area contributed by atoms with Crippen LogP contribution in [-0.4, -0.2) is 37.2 Å². The molecule has 7 heteroatoms. The number of carboxylic acids is 1. The van der Waals surface area contributed by atoms with E-state index in [1.165, 1.54) is 24.3 Å². The standard InChI is InChI=1S/C11H15NO5S/c1-8(6-13)12-18(16,17)7-9-2-4-10(5-3-9)11(14)15/h2-5,8,12-13H,6-7H2,1H3,(H,14,15). The number of hydrogen-bond acceptors (Lipinski definition) is 4. The van der Waals surface area contributed by atoms with Gasteiger partial charge in [0, 0.05) is 6.04 Å². The van der Waals surface area contributed by atoms with E-state index in [4.69, 9.17) is 10.2 Å². The molecule has 18 heavy (non-hydrogen) atoms. The van der Waals surface area contributed by atoms with Gasteiger partial charge in [0.25, 0.3) is 0 Å². The summed E-state index contributed by atoms with van der Waals surface area (Å²) in [6.07, 6.45) is 0. The summed E-state index contributed by atoms with van der Waals surface area (Å²) in [6.45, 7) is 1.27. The van der Waals surface area contributed by atoms with Gasteiger partial charge in [-0.2, -0.15) is 0 Å². The van der Waals surface area contributed by atoms with Crippen molar-refractivity contribution in [1.82, 2.24) is 4.72 Å². The zero-order chi connectivity index (χ0) is 13.8. The molecule has 100 valence electrons. The van der Waals surface area contributed by atoms with Crippen LogP contribution in [0.4, 0.5) is 0 Å². The van der Waals surface area contributed by atoms with Crippen molar-refractivity contribution in [3.8, 4) is 0 Å². The van der Waals surface area contributed by atoms with Crippen molar-refractivity contribution in [3.63, 3.8) is 0 Å². The molecule has 1 aromatic carbocycles. The molecule has 0 saturated carbocycles. The van der Waals surface area contributed by atoms with Crippen LogP contribution in [-0.2, 0) is 15.8 Å². The fraction of sp³-hybridized carbons (Fsp3) is 0.364. The van der Waals surface area contributed by atoms with E-state index in [0.717, 1.165) is 0 Å². The van der Waals surface area contributed by atoms with Crippen molar-refractivity contribution in [2.45, 2.75) is 18.7 Å². The molecule has 1 rings (SSSR count). The summed E-state index contributed by atoms with van der Waals surface area (Å²) in [4.78, 5) is 10.6. The Labute approximate surface area is 105 Å². The van der Waals surface area contributed by atoms with E-state index in [1.54, 1.807) is 6.92 Å². The predicted octanol–water partition coefficient (Wildman–Crippen LogP) is 0.185.